The van der Waals surface area contributed by atoms with Crippen LogP contribution in [0.15, 0.2) is 41.4 Å². The van der Waals surface area contributed by atoms with Crippen molar-refractivity contribution in [3.05, 3.63) is 58.7 Å². The second kappa shape index (κ2) is 8.26. The normalized spacial score (nSPS) is 20.1. The number of nitrogens with one attached hydrogen (secondary N) is 1. The number of thioether (sulfide) groups is 1. The summed E-state index contributed by atoms with van der Waals surface area (Å²) >= 11 is 1.41. The van der Waals surface area contributed by atoms with Crippen molar-refractivity contribution in [1.29, 1.82) is 0 Å². The lowest BCUT2D eigenvalue weighted by atomic mass is 10.1. The van der Waals surface area contributed by atoms with Crippen LogP contribution in [-0.4, -0.2) is 33.2 Å². The van der Waals surface area contributed by atoms with Crippen LogP contribution >= 0.6 is 11.8 Å². The molecule has 0 bridgehead atoms. The molecule has 0 unspecified atom stereocenters. The first kappa shape index (κ1) is 20.7. The summed E-state index contributed by atoms with van der Waals surface area (Å²) in [6, 6.07) is 12.3. The second-order valence-corrected chi connectivity index (χ2v) is 9.47. The van der Waals surface area contributed by atoms with E-state index in [1.54, 1.807) is 0 Å². The van der Waals surface area contributed by atoms with Crippen molar-refractivity contribution in [3.8, 4) is 0 Å². The maximum atomic E-state index is 13.1. The van der Waals surface area contributed by atoms with Crippen molar-refractivity contribution < 1.29 is 9.59 Å². The van der Waals surface area contributed by atoms with Gasteiger partial charge in [0.05, 0.1) is 5.69 Å². The Bertz CT molecular complexity index is 1040. The highest BCUT2D eigenvalue weighted by Gasteiger charge is 2.46. The number of nitrogens with zero attached hydrogens (tertiary/aromatic N) is 2. The molecule has 1 heterocycles. The topological polar surface area (TPSA) is 61.8 Å². The largest absolute Gasteiger partial charge is 0.326 e. The fraction of sp³-hybridized carbons (Fsp3) is 0.375. The van der Waals surface area contributed by atoms with Gasteiger partial charge >= 0.3 is 0 Å². The van der Waals surface area contributed by atoms with Gasteiger partial charge in [-0.25, -0.2) is 4.99 Å². The molecular formula is C24H27N3O2S. The zero-order valence-corrected chi connectivity index (χ0v) is 18.7. The van der Waals surface area contributed by atoms with E-state index in [1.807, 2.05) is 56.0 Å². The summed E-state index contributed by atoms with van der Waals surface area (Å²) in [5, 5.41) is 3.25. The molecule has 1 aliphatic heterocycles. The quantitative estimate of drug-likeness (QED) is 0.735. The molecule has 0 spiro atoms. The minimum atomic E-state index is -0.430. The van der Waals surface area contributed by atoms with E-state index in [2.05, 4.69) is 18.3 Å². The van der Waals surface area contributed by atoms with E-state index in [9.17, 15) is 9.59 Å². The van der Waals surface area contributed by atoms with Gasteiger partial charge in [-0.15, -0.1) is 0 Å². The van der Waals surface area contributed by atoms with Gasteiger partial charge in [0.1, 0.15) is 5.25 Å². The Hall–Kier alpha value is -2.60. The molecule has 2 aliphatic rings. The molecule has 6 heteroatoms. The van der Waals surface area contributed by atoms with Gasteiger partial charge in [-0.05, 0) is 63.8 Å². The highest BCUT2D eigenvalue weighted by atomic mass is 32.2. The molecule has 0 aromatic heterocycles. The Morgan fingerprint density at radius 3 is 2.37 bits per heavy atom. The number of hydrogen-bond acceptors (Lipinski definition) is 4. The highest BCUT2D eigenvalue weighted by molar-refractivity contribution is 8.15. The number of aryl methyl sites for hydroxylation is 4. The van der Waals surface area contributed by atoms with Crippen molar-refractivity contribution >= 4 is 40.1 Å². The monoisotopic (exact) mass is 421 g/mol. The van der Waals surface area contributed by atoms with Crippen LogP contribution in [0.25, 0.3) is 0 Å². The third kappa shape index (κ3) is 4.43. The van der Waals surface area contributed by atoms with E-state index in [0.717, 1.165) is 46.1 Å². The second-order valence-electron chi connectivity index (χ2n) is 8.30. The van der Waals surface area contributed by atoms with Gasteiger partial charge in [-0.1, -0.05) is 47.2 Å². The van der Waals surface area contributed by atoms with Gasteiger partial charge < -0.3 is 5.32 Å². The average Bonchev–Trinajstić information content (AvgIpc) is 3.46. The first-order valence-corrected chi connectivity index (χ1v) is 11.2. The summed E-state index contributed by atoms with van der Waals surface area (Å²) in [6.45, 7) is 8.08. The van der Waals surface area contributed by atoms with Crippen LogP contribution in [0.1, 0.15) is 41.5 Å². The summed E-state index contributed by atoms with van der Waals surface area (Å²) in [6.07, 6.45) is 2.14. The molecular weight excluding hydrogens is 394 g/mol. The van der Waals surface area contributed by atoms with Gasteiger partial charge in [0, 0.05) is 18.2 Å². The van der Waals surface area contributed by atoms with Crippen LogP contribution in [0.4, 0.5) is 11.4 Å². The molecule has 2 amide bonds. The highest BCUT2D eigenvalue weighted by Crippen LogP contribution is 2.40. The van der Waals surface area contributed by atoms with E-state index in [1.165, 1.54) is 17.3 Å². The maximum Gasteiger partial charge on any atom is 0.242 e. The van der Waals surface area contributed by atoms with Gasteiger partial charge in [-0.2, -0.15) is 0 Å². The molecule has 4 rings (SSSR count). The van der Waals surface area contributed by atoms with E-state index in [-0.39, 0.29) is 24.3 Å². The molecule has 5 nitrogen and oxygen atoms in total. The van der Waals surface area contributed by atoms with Crippen molar-refractivity contribution in [2.45, 2.75) is 58.2 Å². The first-order chi connectivity index (χ1) is 14.3. The summed E-state index contributed by atoms with van der Waals surface area (Å²) in [4.78, 5) is 32.4. The number of rotatable bonds is 5. The van der Waals surface area contributed by atoms with E-state index in [0.29, 0.717) is 0 Å². The molecule has 1 saturated heterocycles. The fourth-order valence-corrected chi connectivity index (χ4v) is 4.93. The van der Waals surface area contributed by atoms with Crippen LogP contribution in [0, 0.1) is 27.7 Å². The molecule has 2 aromatic rings. The van der Waals surface area contributed by atoms with Crippen LogP contribution < -0.4 is 5.32 Å². The first-order valence-electron chi connectivity index (χ1n) is 10.3. The molecule has 156 valence electrons. The molecule has 2 aromatic carbocycles. The number of anilines is 1. The Morgan fingerprint density at radius 2 is 1.73 bits per heavy atom. The van der Waals surface area contributed by atoms with E-state index in [4.69, 9.17) is 4.99 Å². The Kier molecular flexibility index (Phi) is 5.69. The molecule has 1 saturated carbocycles. The Morgan fingerprint density at radius 1 is 1.07 bits per heavy atom. The summed E-state index contributed by atoms with van der Waals surface area (Å²) < 4.78 is 0. The van der Waals surface area contributed by atoms with Crippen molar-refractivity contribution in [2.24, 2.45) is 4.99 Å². The predicted octanol–water partition coefficient (Wildman–Crippen LogP) is 5.04. The van der Waals surface area contributed by atoms with E-state index < -0.39 is 5.25 Å². The minimum absolute atomic E-state index is 0.00166. The van der Waals surface area contributed by atoms with Crippen LogP contribution in [0.2, 0.25) is 0 Å². The fourth-order valence-electron chi connectivity index (χ4n) is 3.72. The number of carbonyl (C=O) groups excluding carboxylic acids is 2. The molecule has 1 N–H and O–H groups in total. The average molecular weight is 422 g/mol. The number of amidine groups is 1. The number of aliphatic imine (C=N–C) groups is 1. The summed E-state index contributed by atoms with van der Waals surface area (Å²) in [5.74, 6) is -0.141. The van der Waals surface area contributed by atoms with Crippen LogP contribution in [0.3, 0.4) is 0 Å². The molecule has 1 aliphatic carbocycles. The Balaban J connectivity index is 1.51. The van der Waals surface area contributed by atoms with Gasteiger partial charge in [0.2, 0.25) is 11.8 Å². The molecule has 2 fully saturated rings. The molecule has 1 atom stereocenters. The van der Waals surface area contributed by atoms with Crippen molar-refractivity contribution in [2.75, 3.05) is 5.32 Å². The Labute approximate surface area is 182 Å². The van der Waals surface area contributed by atoms with Gasteiger partial charge in [0.15, 0.2) is 5.17 Å². The number of amides is 2. The lowest BCUT2D eigenvalue weighted by Gasteiger charge is -2.15. The van der Waals surface area contributed by atoms with Gasteiger partial charge in [0.25, 0.3) is 0 Å². The summed E-state index contributed by atoms with van der Waals surface area (Å²) in [5.41, 5.74) is 6.12. The lowest BCUT2D eigenvalue weighted by molar-refractivity contribution is -0.128. The smallest absolute Gasteiger partial charge is 0.242 e. The zero-order chi connectivity index (χ0) is 21.4. The van der Waals surface area contributed by atoms with Crippen LogP contribution in [0.5, 0.6) is 0 Å². The standard InChI is InChI=1S/C24H27N3O2S/c1-14-5-9-19(16(3)11-14)25-22(28)13-21-23(29)27(18-7-8-18)24(30-21)26-20-10-6-15(2)12-17(20)4/h5-6,9-12,18,21H,7-8,13H2,1-4H3,(H,25,28)/t21-/m1/s1. The zero-order valence-electron chi connectivity index (χ0n) is 17.9. The van der Waals surface area contributed by atoms with Crippen molar-refractivity contribution in [3.63, 3.8) is 0 Å². The number of carbonyl (C=O) groups is 2. The maximum absolute atomic E-state index is 13.1. The van der Waals surface area contributed by atoms with Crippen molar-refractivity contribution in [1.82, 2.24) is 4.90 Å². The predicted molar refractivity (Wildman–Crippen MR) is 123 cm³/mol. The third-order valence-corrected chi connectivity index (χ3v) is 6.63. The number of benzene rings is 2. The van der Waals surface area contributed by atoms with E-state index >= 15 is 0 Å². The van der Waals surface area contributed by atoms with Gasteiger partial charge in [-0.3, -0.25) is 14.5 Å². The minimum Gasteiger partial charge on any atom is -0.326 e. The lowest BCUT2D eigenvalue weighted by Crippen LogP contribution is -2.35. The number of hydrogen-bond donors (Lipinski definition) is 1. The van der Waals surface area contributed by atoms with Crippen LogP contribution in [-0.2, 0) is 9.59 Å². The SMILES string of the molecule is Cc1ccc(N=C2S[C@H](CC(=O)Nc3ccc(C)cc3C)C(=O)N2C2CC2)c(C)c1. The third-order valence-electron chi connectivity index (χ3n) is 5.47. The summed E-state index contributed by atoms with van der Waals surface area (Å²) in [7, 11) is 0. The molecule has 30 heavy (non-hydrogen) atoms. The molecule has 0 radical (unpaired) electrons.